The number of nitrogens with zero attached hydrogens (tertiary/aromatic N) is 4. The van der Waals surface area contributed by atoms with Crippen molar-refractivity contribution < 1.29 is 25.8 Å². The van der Waals surface area contributed by atoms with Crippen LogP contribution < -0.4 is 4.74 Å². The van der Waals surface area contributed by atoms with Gasteiger partial charge in [0.1, 0.15) is 5.82 Å². The predicted molar refractivity (Wildman–Crippen MR) is 192 cm³/mol. The normalized spacial score (nSPS) is 11.5. The van der Waals surface area contributed by atoms with Crippen LogP contribution in [-0.2, 0) is 33.9 Å². The number of rotatable bonds is 9. The molecule has 0 atom stereocenters. The molecule has 7 rings (SSSR count). The third kappa shape index (κ3) is 6.75. The standard InChI is InChI=1S/C42H40N4O.Pt/c1-27(2)18-31-20-30(6)21-32(19-28(3)4)42(31)33-25-44-45(26-33)34-10-9-11-35(23-34)47-36-14-15-38-37-12-7-8-13-39(37)46(40(38)24-36)41-22-29(5)16-17-43-41;/h7-17,20-22,25-28H,18-19H2,1-6H3;/q-2;+2. The minimum atomic E-state index is 0. The Labute approximate surface area is 297 Å². The van der Waals surface area contributed by atoms with Gasteiger partial charge in [-0.05, 0) is 90.1 Å². The van der Waals surface area contributed by atoms with Crippen molar-refractivity contribution in [2.45, 2.75) is 54.4 Å². The second kappa shape index (κ2) is 13.9. The topological polar surface area (TPSA) is 44.9 Å². The Morgan fingerprint density at radius 1 is 0.750 bits per heavy atom. The molecule has 7 aromatic rings. The molecule has 0 amide bonds. The number of ether oxygens (including phenoxy) is 1. The predicted octanol–water partition coefficient (Wildman–Crippen LogP) is 10.4. The minimum Gasteiger partial charge on any atom is -0.509 e. The quantitative estimate of drug-likeness (QED) is 0.136. The van der Waals surface area contributed by atoms with Crippen molar-refractivity contribution in [3.63, 3.8) is 0 Å². The Hall–Kier alpha value is -4.47. The summed E-state index contributed by atoms with van der Waals surface area (Å²) < 4.78 is 10.5. The molecule has 0 saturated heterocycles. The first kappa shape index (κ1) is 33.4. The van der Waals surface area contributed by atoms with Gasteiger partial charge in [-0.1, -0.05) is 69.1 Å². The van der Waals surface area contributed by atoms with Gasteiger partial charge in [-0.15, -0.1) is 35.7 Å². The number of para-hydroxylation sites is 1. The number of fused-ring (bicyclic) bond motifs is 3. The van der Waals surface area contributed by atoms with Gasteiger partial charge in [-0.3, -0.25) is 4.68 Å². The minimum absolute atomic E-state index is 0. The van der Waals surface area contributed by atoms with Gasteiger partial charge in [0, 0.05) is 35.0 Å². The third-order valence-corrected chi connectivity index (χ3v) is 8.48. The number of pyridine rings is 1. The van der Waals surface area contributed by atoms with Crippen molar-refractivity contribution >= 4 is 21.8 Å². The largest absolute Gasteiger partial charge is 2.00 e. The van der Waals surface area contributed by atoms with Gasteiger partial charge in [0.05, 0.1) is 6.20 Å². The molecule has 0 radical (unpaired) electrons. The van der Waals surface area contributed by atoms with Crippen LogP contribution in [0.1, 0.15) is 49.9 Å². The smallest absolute Gasteiger partial charge is 0.509 e. The van der Waals surface area contributed by atoms with Gasteiger partial charge in [-0.2, -0.15) is 17.2 Å². The summed E-state index contributed by atoms with van der Waals surface area (Å²) in [4.78, 5) is 4.69. The van der Waals surface area contributed by atoms with E-state index in [1.54, 1.807) is 0 Å². The van der Waals surface area contributed by atoms with E-state index in [1.807, 2.05) is 47.4 Å². The average Bonchev–Trinajstić information content (AvgIpc) is 3.63. The van der Waals surface area contributed by atoms with E-state index in [9.17, 15) is 0 Å². The zero-order valence-electron chi connectivity index (χ0n) is 28.3. The van der Waals surface area contributed by atoms with Crippen LogP contribution in [0.15, 0.2) is 97.5 Å². The summed E-state index contributed by atoms with van der Waals surface area (Å²) in [5.41, 5.74) is 10.5. The maximum atomic E-state index is 6.40. The van der Waals surface area contributed by atoms with Gasteiger partial charge < -0.3 is 9.30 Å². The summed E-state index contributed by atoms with van der Waals surface area (Å²) in [6.07, 6.45) is 8.02. The van der Waals surface area contributed by atoms with Crippen LogP contribution in [0, 0.1) is 37.8 Å². The van der Waals surface area contributed by atoms with E-state index >= 15 is 0 Å². The Bertz CT molecular complexity index is 2190. The number of benzene rings is 4. The molecule has 3 heterocycles. The van der Waals surface area contributed by atoms with Crippen LogP contribution in [0.2, 0.25) is 0 Å². The second-order valence-corrected chi connectivity index (χ2v) is 13.5. The van der Waals surface area contributed by atoms with Crippen LogP contribution in [0.3, 0.4) is 0 Å². The molecule has 0 fully saturated rings. The molecule has 0 bridgehead atoms. The number of aromatic nitrogens is 4. The number of hydrogen-bond acceptors (Lipinski definition) is 3. The van der Waals surface area contributed by atoms with Gasteiger partial charge >= 0.3 is 21.1 Å². The molecule has 6 heteroatoms. The molecule has 0 unspecified atom stereocenters. The maximum absolute atomic E-state index is 6.40. The molecule has 3 aromatic heterocycles. The summed E-state index contributed by atoms with van der Waals surface area (Å²) in [6, 6.07) is 34.2. The zero-order chi connectivity index (χ0) is 32.7. The van der Waals surface area contributed by atoms with Crippen LogP contribution in [0.25, 0.3) is 44.4 Å². The van der Waals surface area contributed by atoms with Crippen molar-refractivity contribution in [2.75, 3.05) is 0 Å². The van der Waals surface area contributed by atoms with E-state index < -0.39 is 0 Å². The number of aryl methyl sites for hydroxylation is 2. The molecule has 48 heavy (non-hydrogen) atoms. The summed E-state index contributed by atoms with van der Waals surface area (Å²) in [6.45, 7) is 13.4. The van der Waals surface area contributed by atoms with E-state index in [1.165, 1.54) is 22.3 Å². The van der Waals surface area contributed by atoms with Crippen LogP contribution in [-0.4, -0.2) is 19.3 Å². The van der Waals surface area contributed by atoms with Crippen LogP contribution in [0.4, 0.5) is 0 Å². The second-order valence-electron chi connectivity index (χ2n) is 13.5. The molecule has 0 N–H and O–H groups in total. The van der Waals surface area contributed by atoms with Crippen LogP contribution in [0.5, 0.6) is 11.5 Å². The summed E-state index contributed by atoms with van der Waals surface area (Å²) in [5.74, 6) is 3.19. The van der Waals surface area contributed by atoms with Crippen molar-refractivity contribution in [3.8, 4) is 34.1 Å². The van der Waals surface area contributed by atoms with Gasteiger partial charge in [0.25, 0.3) is 0 Å². The first-order chi connectivity index (χ1) is 22.7. The Kier molecular flexibility index (Phi) is 9.71. The molecular weight excluding hydrogens is 772 g/mol. The van der Waals surface area contributed by atoms with Gasteiger partial charge in [-0.25, -0.2) is 4.98 Å². The van der Waals surface area contributed by atoms with E-state index in [4.69, 9.17) is 14.8 Å². The average molecular weight is 812 g/mol. The molecule has 0 aliphatic carbocycles. The van der Waals surface area contributed by atoms with Crippen LogP contribution >= 0.6 is 0 Å². The van der Waals surface area contributed by atoms with E-state index in [0.29, 0.717) is 23.3 Å². The first-order valence-corrected chi connectivity index (χ1v) is 16.5. The monoisotopic (exact) mass is 811 g/mol. The van der Waals surface area contributed by atoms with E-state index in [0.717, 1.165) is 57.3 Å². The molecule has 0 aliphatic heterocycles. The molecule has 5 nitrogen and oxygen atoms in total. The SMILES string of the molecule is Cc1ccnc(-n2c3[c-]c(Oc4[c-]c(-n5cc(-c6c(CC(C)C)cc(C)cc6CC(C)C)cn5)ccc4)ccc3c3ccccc32)c1.[Pt+2]. The summed E-state index contributed by atoms with van der Waals surface area (Å²) in [5, 5.41) is 7.05. The van der Waals surface area contributed by atoms with Gasteiger partial charge in [0.15, 0.2) is 0 Å². The summed E-state index contributed by atoms with van der Waals surface area (Å²) in [7, 11) is 0. The fourth-order valence-electron chi connectivity index (χ4n) is 6.66. The van der Waals surface area contributed by atoms with Crippen molar-refractivity contribution in [1.29, 1.82) is 0 Å². The molecular formula is C42H40N4OPt. The van der Waals surface area contributed by atoms with Crippen molar-refractivity contribution in [1.82, 2.24) is 19.3 Å². The molecule has 0 saturated carbocycles. The molecule has 0 spiro atoms. The van der Waals surface area contributed by atoms with Crippen molar-refractivity contribution in [3.05, 3.63) is 132 Å². The fourth-order valence-corrected chi connectivity index (χ4v) is 6.66. The number of hydrogen-bond donors (Lipinski definition) is 0. The fraction of sp³-hybridized carbons (Fsp3) is 0.238. The first-order valence-electron chi connectivity index (χ1n) is 16.5. The Balaban J connectivity index is 0.00000401. The summed E-state index contributed by atoms with van der Waals surface area (Å²) >= 11 is 0. The van der Waals surface area contributed by atoms with E-state index in [-0.39, 0.29) is 21.1 Å². The maximum Gasteiger partial charge on any atom is 2.00 e. The van der Waals surface area contributed by atoms with Crippen molar-refractivity contribution in [2.24, 2.45) is 11.8 Å². The Morgan fingerprint density at radius 2 is 1.48 bits per heavy atom. The zero-order valence-corrected chi connectivity index (χ0v) is 30.6. The molecule has 244 valence electrons. The van der Waals surface area contributed by atoms with E-state index in [2.05, 4.69) is 113 Å². The Morgan fingerprint density at radius 3 is 2.21 bits per heavy atom. The molecule has 0 aliphatic rings. The van der Waals surface area contributed by atoms with Gasteiger partial charge in [0.2, 0.25) is 0 Å². The molecule has 4 aromatic carbocycles. The third-order valence-electron chi connectivity index (χ3n) is 8.48.